The summed E-state index contributed by atoms with van der Waals surface area (Å²) in [6.07, 6.45) is -4.63. The molecule has 21 heavy (non-hydrogen) atoms. The van der Waals surface area contributed by atoms with Crippen LogP contribution >= 0.6 is 0 Å². The highest BCUT2D eigenvalue weighted by Gasteiger charge is 2.33. The van der Waals surface area contributed by atoms with Gasteiger partial charge in [-0.1, -0.05) is 13.8 Å². The second-order valence-electron chi connectivity index (χ2n) is 4.66. The summed E-state index contributed by atoms with van der Waals surface area (Å²) in [5.74, 6) is 4.40. The predicted molar refractivity (Wildman–Crippen MR) is 71.2 cm³/mol. The van der Waals surface area contributed by atoms with Crippen LogP contribution in [0.4, 0.5) is 24.9 Å². The minimum atomic E-state index is -4.63. The monoisotopic (exact) mass is 306 g/mol. The molecular weight excluding hydrogens is 289 g/mol. The Morgan fingerprint density at radius 2 is 2.05 bits per heavy atom. The van der Waals surface area contributed by atoms with Gasteiger partial charge in [-0.3, -0.25) is 10.2 Å². The molecule has 0 aliphatic carbocycles. The second-order valence-corrected chi connectivity index (χ2v) is 4.66. The van der Waals surface area contributed by atoms with Crippen molar-refractivity contribution in [2.75, 3.05) is 23.8 Å². The first-order valence-electron chi connectivity index (χ1n) is 6.16. The zero-order valence-electron chi connectivity index (χ0n) is 11.6. The van der Waals surface area contributed by atoms with Crippen molar-refractivity contribution < 1.29 is 18.0 Å². The molecule has 0 aliphatic heterocycles. The molecule has 0 aromatic carbocycles. The van der Waals surface area contributed by atoms with Crippen molar-refractivity contribution in [2.45, 2.75) is 20.0 Å². The number of aromatic nitrogens is 2. The highest BCUT2D eigenvalue weighted by atomic mass is 19.4. The van der Waals surface area contributed by atoms with Crippen molar-refractivity contribution in [3.63, 3.8) is 0 Å². The summed E-state index contributed by atoms with van der Waals surface area (Å²) >= 11 is 0. The van der Waals surface area contributed by atoms with E-state index in [4.69, 9.17) is 5.84 Å². The molecule has 0 saturated carbocycles. The van der Waals surface area contributed by atoms with Gasteiger partial charge < -0.3 is 10.6 Å². The molecule has 1 aromatic heterocycles. The van der Waals surface area contributed by atoms with Crippen LogP contribution in [0.1, 0.15) is 19.5 Å². The van der Waals surface area contributed by atoms with Crippen molar-refractivity contribution in [3.8, 4) is 0 Å². The SMILES string of the molecule is CC(C)CNC(=O)CNc1cc(C(F)(F)F)nc(NN)n1. The Balaban J connectivity index is 2.72. The number of rotatable bonds is 6. The molecule has 1 amide bonds. The van der Waals surface area contributed by atoms with E-state index in [1.807, 2.05) is 19.3 Å². The number of amides is 1. The van der Waals surface area contributed by atoms with E-state index in [-0.39, 0.29) is 24.2 Å². The maximum Gasteiger partial charge on any atom is 0.433 e. The van der Waals surface area contributed by atoms with Gasteiger partial charge in [-0.05, 0) is 5.92 Å². The highest BCUT2D eigenvalue weighted by molar-refractivity contribution is 5.80. The van der Waals surface area contributed by atoms with E-state index in [9.17, 15) is 18.0 Å². The molecule has 0 atom stereocenters. The largest absolute Gasteiger partial charge is 0.433 e. The van der Waals surface area contributed by atoms with Crippen LogP contribution in [0.3, 0.4) is 0 Å². The Bertz CT molecular complexity index is 491. The van der Waals surface area contributed by atoms with E-state index in [0.717, 1.165) is 0 Å². The van der Waals surface area contributed by atoms with Gasteiger partial charge in [0.2, 0.25) is 11.9 Å². The fourth-order valence-corrected chi connectivity index (χ4v) is 1.30. The number of hydrogen-bond acceptors (Lipinski definition) is 6. The Kier molecular flexibility index (Phi) is 5.70. The van der Waals surface area contributed by atoms with Gasteiger partial charge in [0.25, 0.3) is 0 Å². The van der Waals surface area contributed by atoms with Crippen LogP contribution < -0.4 is 21.9 Å². The number of hydrogen-bond donors (Lipinski definition) is 4. The van der Waals surface area contributed by atoms with Crippen LogP contribution in [-0.2, 0) is 11.0 Å². The molecule has 1 heterocycles. The Morgan fingerprint density at radius 3 is 2.57 bits per heavy atom. The summed E-state index contributed by atoms with van der Waals surface area (Å²) in [7, 11) is 0. The lowest BCUT2D eigenvalue weighted by atomic mass is 10.2. The third-order valence-corrected chi connectivity index (χ3v) is 2.28. The van der Waals surface area contributed by atoms with E-state index in [1.165, 1.54) is 0 Å². The number of halogens is 3. The van der Waals surface area contributed by atoms with Crippen LogP contribution in [0.5, 0.6) is 0 Å². The number of nitrogens with two attached hydrogens (primary N) is 1. The van der Waals surface area contributed by atoms with Gasteiger partial charge in [0.1, 0.15) is 5.82 Å². The molecule has 7 nitrogen and oxygen atoms in total. The van der Waals surface area contributed by atoms with Gasteiger partial charge in [-0.25, -0.2) is 10.8 Å². The number of nitrogens with zero attached hydrogens (tertiary/aromatic N) is 2. The normalized spacial score (nSPS) is 11.4. The van der Waals surface area contributed by atoms with Gasteiger partial charge in [0, 0.05) is 12.6 Å². The first-order valence-corrected chi connectivity index (χ1v) is 6.16. The van der Waals surface area contributed by atoms with Crippen molar-refractivity contribution in [1.82, 2.24) is 15.3 Å². The number of nitrogen functional groups attached to an aromatic ring is 1. The topological polar surface area (TPSA) is 105 Å². The van der Waals surface area contributed by atoms with Gasteiger partial charge >= 0.3 is 6.18 Å². The number of alkyl halides is 3. The molecule has 1 aromatic rings. The average molecular weight is 306 g/mol. The summed E-state index contributed by atoms with van der Waals surface area (Å²) in [6, 6.07) is 0.705. The van der Waals surface area contributed by atoms with Crippen LogP contribution in [0.15, 0.2) is 6.07 Å². The lowest BCUT2D eigenvalue weighted by Gasteiger charge is -2.12. The molecule has 10 heteroatoms. The molecular formula is C11H17F3N6O. The predicted octanol–water partition coefficient (Wildman–Crippen LogP) is 0.965. The number of carbonyl (C=O) groups is 1. The molecule has 1 rings (SSSR count). The number of carbonyl (C=O) groups excluding carboxylic acids is 1. The zero-order chi connectivity index (χ0) is 16.0. The molecule has 0 radical (unpaired) electrons. The summed E-state index contributed by atoms with van der Waals surface area (Å²) in [4.78, 5) is 18.4. The van der Waals surface area contributed by atoms with Gasteiger partial charge in [0.05, 0.1) is 6.54 Å². The fourth-order valence-electron chi connectivity index (χ4n) is 1.30. The van der Waals surface area contributed by atoms with E-state index >= 15 is 0 Å². The first-order chi connectivity index (χ1) is 9.72. The minimum absolute atomic E-state index is 0.148. The van der Waals surface area contributed by atoms with Crippen molar-refractivity contribution in [1.29, 1.82) is 0 Å². The molecule has 0 fully saturated rings. The van der Waals surface area contributed by atoms with E-state index in [1.54, 1.807) is 0 Å². The smallest absolute Gasteiger partial charge is 0.361 e. The van der Waals surface area contributed by atoms with Crippen molar-refractivity contribution >= 4 is 17.7 Å². The molecule has 0 spiro atoms. The third-order valence-electron chi connectivity index (χ3n) is 2.28. The summed E-state index contributed by atoms with van der Waals surface area (Å²) < 4.78 is 37.9. The number of hydrazine groups is 1. The molecule has 118 valence electrons. The summed E-state index contributed by atoms with van der Waals surface area (Å²) in [5, 5.41) is 5.12. The minimum Gasteiger partial charge on any atom is -0.361 e. The standard InChI is InChI=1S/C11H17F3N6O/c1-6(2)4-17-9(21)5-16-8-3-7(11(12,13)14)18-10(19-8)20-15/h3,6H,4-5,15H2,1-2H3,(H,17,21)(H2,16,18,19,20). The maximum absolute atomic E-state index is 12.6. The Hall–Kier alpha value is -2.10. The maximum atomic E-state index is 12.6. The molecule has 0 bridgehead atoms. The van der Waals surface area contributed by atoms with Crippen LogP contribution in [0.25, 0.3) is 0 Å². The molecule has 0 saturated heterocycles. The lowest BCUT2D eigenvalue weighted by molar-refractivity contribution is -0.141. The highest BCUT2D eigenvalue weighted by Crippen LogP contribution is 2.29. The zero-order valence-corrected chi connectivity index (χ0v) is 11.6. The fraction of sp³-hybridized carbons (Fsp3) is 0.545. The summed E-state index contributed by atoms with van der Waals surface area (Å²) in [6.45, 7) is 4.12. The lowest BCUT2D eigenvalue weighted by Crippen LogP contribution is -2.32. The Labute approximate surface area is 119 Å². The van der Waals surface area contributed by atoms with Crippen LogP contribution in [0.2, 0.25) is 0 Å². The Morgan fingerprint density at radius 1 is 1.38 bits per heavy atom. The van der Waals surface area contributed by atoms with Gasteiger partial charge in [-0.2, -0.15) is 18.2 Å². The van der Waals surface area contributed by atoms with Crippen LogP contribution in [-0.4, -0.2) is 29.0 Å². The average Bonchev–Trinajstić information content (AvgIpc) is 2.41. The second kappa shape index (κ2) is 7.07. The van der Waals surface area contributed by atoms with Crippen molar-refractivity contribution in [3.05, 3.63) is 11.8 Å². The van der Waals surface area contributed by atoms with Crippen LogP contribution in [0, 0.1) is 5.92 Å². The van der Waals surface area contributed by atoms with E-state index in [0.29, 0.717) is 12.6 Å². The van der Waals surface area contributed by atoms with E-state index in [2.05, 4.69) is 20.6 Å². The van der Waals surface area contributed by atoms with Gasteiger partial charge in [-0.15, -0.1) is 0 Å². The summed E-state index contributed by atoms with van der Waals surface area (Å²) in [5.41, 5.74) is 0.788. The molecule has 5 N–H and O–H groups in total. The van der Waals surface area contributed by atoms with Crippen molar-refractivity contribution in [2.24, 2.45) is 11.8 Å². The molecule has 0 unspecified atom stereocenters. The third kappa shape index (κ3) is 5.81. The number of anilines is 2. The molecule has 0 aliphatic rings. The quantitative estimate of drug-likeness (QED) is 0.461. The number of nitrogens with one attached hydrogen (secondary N) is 3. The van der Waals surface area contributed by atoms with Gasteiger partial charge in [0.15, 0.2) is 5.69 Å². The van der Waals surface area contributed by atoms with E-state index < -0.39 is 17.8 Å². The first kappa shape index (κ1) is 17.0.